The van der Waals surface area contributed by atoms with Crippen molar-refractivity contribution in [2.75, 3.05) is 6.54 Å². The van der Waals surface area contributed by atoms with Crippen molar-refractivity contribution in [3.8, 4) is 0 Å². The highest BCUT2D eigenvalue weighted by molar-refractivity contribution is 4.94. The molecule has 1 aliphatic carbocycles. The molecule has 2 rings (SSSR count). The van der Waals surface area contributed by atoms with Crippen molar-refractivity contribution in [2.45, 2.75) is 57.2 Å². The fourth-order valence-corrected chi connectivity index (χ4v) is 2.43. The largest absolute Gasteiger partial charge is 0.314 e. The molecule has 0 aromatic carbocycles. The normalized spacial score (nSPS) is 34.2. The maximum absolute atomic E-state index is 14.0. The fraction of sp³-hybridized carbons (Fsp3) is 1.00. The average Bonchev–Trinajstić information content (AvgIpc) is 2.87. The topological polar surface area (TPSA) is 12.0 Å². The zero-order valence-electron chi connectivity index (χ0n) is 8.48. The smallest absolute Gasteiger partial charge is 0.112 e. The lowest BCUT2D eigenvalue weighted by Gasteiger charge is -2.29. The third-order valence-electron chi connectivity index (χ3n) is 3.49. The molecule has 0 spiro atoms. The number of alkyl halides is 1. The molecule has 0 amide bonds. The summed E-state index contributed by atoms with van der Waals surface area (Å²) in [7, 11) is 0. The first-order valence-electron chi connectivity index (χ1n) is 5.61. The minimum absolute atomic E-state index is 0.372. The molecule has 1 saturated carbocycles. The van der Waals surface area contributed by atoms with E-state index in [1.165, 1.54) is 19.3 Å². The molecule has 2 aliphatic rings. The number of hydrogen-bond donors (Lipinski definition) is 1. The lowest BCUT2D eigenvalue weighted by atomic mass is 9.90. The van der Waals surface area contributed by atoms with Crippen LogP contribution in [0.4, 0.5) is 4.39 Å². The van der Waals surface area contributed by atoms with Crippen molar-refractivity contribution in [3.05, 3.63) is 0 Å². The predicted octanol–water partition coefficient (Wildman–Crippen LogP) is 2.66. The number of hydrogen-bond acceptors (Lipinski definition) is 1. The second-order valence-electron chi connectivity index (χ2n) is 4.90. The van der Waals surface area contributed by atoms with Gasteiger partial charge in [-0.15, -0.1) is 0 Å². The Morgan fingerprint density at radius 1 is 1.31 bits per heavy atom. The number of rotatable bonds is 3. The van der Waals surface area contributed by atoms with Gasteiger partial charge in [0.25, 0.3) is 0 Å². The standard InChI is InChI=1S/C11H20FN/c1-11(12,9-5-6-9)8-10-4-2-3-7-13-10/h9-10,13H,2-8H2,1H3. The number of piperidine rings is 1. The summed E-state index contributed by atoms with van der Waals surface area (Å²) in [5, 5.41) is 3.42. The monoisotopic (exact) mass is 185 g/mol. The molecular formula is C11H20FN. The van der Waals surface area contributed by atoms with Crippen molar-refractivity contribution >= 4 is 0 Å². The molecule has 0 radical (unpaired) electrons. The number of halogens is 1. The second kappa shape index (κ2) is 3.56. The van der Waals surface area contributed by atoms with Gasteiger partial charge in [-0.2, -0.15) is 0 Å². The number of nitrogens with one attached hydrogen (secondary N) is 1. The molecule has 2 atom stereocenters. The molecule has 0 aromatic heterocycles. The van der Waals surface area contributed by atoms with E-state index in [1.807, 2.05) is 0 Å². The van der Waals surface area contributed by atoms with E-state index in [0.29, 0.717) is 12.0 Å². The molecule has 13 heavy (non-hydrogen) atoms. The minimum Gasteiger partial charge on any atom is -0.314 e. The van der Waals surface area contributed by atoms with E-state index in [4.69, 9.17) is 0 Å². The Morgan fingerprint density at radius 3 is 2.62 bits per heavy atom. The van der Waals surface area contributed by atoms with Crippen molar-refractivity contribution in [2.24, 2.45) is 5.92 Å². The highest BCUT2D eigenvalue weighted by atomic mass is 19.1. The summed E-state index contributed by atoms with van der Waals surface area (Å²) >= 11 is 0. The van der Waals surface area contributed by atoms with Gasteiger partial charge in [0.15, 0.2) is 0 Å². The van der Waals surface area contributed by atoms with Crippen LogP contribution in [0, 0.1) is 5.92 Å². The highest BCUT2D eigenvalue weighted by Gasteiger charge is 2.43. The third kappa shape index (κ3) is 2.43. The molecule has 1 N–H and O–H groups in total. The van der Waals surface area contributed by atoms with Crippen LogP contribution < -0.4 is 5.32 Å². The lowest BCUT2D eigenvalue weighted by molar-refractivity contribution is 0.119. The molecule has 1 saturated heterocycles. The molecule has 76 valence electrons. The minimum atomic E-state index is -0.894. The van der Waals surface area contributed by atoms with Crippen molar-refractivity contribution in [1.29, 1.82) is 0 Å². The first kappa shape index (κ1) is 9.45. The summed E-state index contributed by atoms with van der Waals surface area (Å²) in [6, 6.07) is 0.448. The van der Waals surface area contributed by atoms with Crippen LogP contribution in [0.25, 0.3) is 0 Å². The van der Waals surface area contributed by atoms with Crippen LogP contribution in [0.2, 0.25) is 0 Å². The van der Waals surface area contributed by atoms with E-state index in [2.05, 4.69) is 5.32 Å². The molecular weight excluding hydrogens is 165 g/mol. The Labute approximate surface area is 80.1 Å². The average molecular weight is 185 g/mol. The Balaban J connectivity index is 1.80. The zero-order chi connectivity index (χ0) is 9.31. The maximum atomic E-state index is 14.0. The van der Waals surface area contributed by atoms with Crippen LogP contribution in [-0.2, 0) is 0 Å². The Kier molecular flexibility index (Phi) is 2.59. The molecule has 2 unspecified atom stereocenters. The zero-order valence-corrected chi connectivity index (χ0v) is 8.48. The summed E-state index contributed by atoms with van der Waals surface area (Å²) in [5.74, 6) is 0.372. The fourth-order valence-electron chi connectivity index (χ4n) is 2.43. The molecule has 1 heterocycles. The quantitative estimate of drug-likeness (QED) is 0.712. The van der Waals surface area contributed by atoms with Gasteiger partial charge in [-0.05, 0) is 51.5 Å². The van der Waals surface area contributed by atoms with Crippen LogP contribution in [0.15, 0.2) is 0 Å². The lowest BCUT2D eigenvalue weighted by Crippen LogP contribution is -2.40. The van der Waals surface area contributed by atoms with E-state index in [9.17, 15) is 4.39 Å². The summed E-state index contributed by atoms with van der Waals surface area (Å²) < 4.78 is 14.0. The Hall–Kier alpha value is -0.110. The van der Waals surface area contributed by atoms with Gasteiger partial charge in [-0.1, -0.05) is 6.42 Å². The van der Waals surface area contributed by atoms with Crippen molar-refractivity contribution in [3.63, 3.8) is 0 Å². The van der Waals surface area contributed by atoms with Crippen LogP contribution in [0.1, 0.15) is 45.4 Å². The summed E-state index contributed by atoms with van der Waals surface area (Å²) in [6.07, 6.45) is 6.67. The molecule has 0 bridgehead atoms. The van der Waals surface area contributed by atoms with Gasteiger partial charge < -0.3 is 5.32 Å². The Bertz CT molecular complexity index is 169. The first-order chi connectivity index (χ1) is 6.18. The predicted molar refractivity (Wildman–Crippen MR) is 52.5 cm³/mol. The van der Waals surface area contributed by atoms with Crippen molar-refractivity contribution < 1.29 is 4.39 Å². The van der Waals surface area contributed by atoms with Gasteiger partial charge >= 0.3 is 0 Å². The van der Waals surface area contributed by atoms with Gasteiger partial charge in [0.2, 0.25) is 0 Å². The van der Waals surface area contributed by atoms with Crippen LogP contribution in [-0.4, -0.2) is 18.3 Å². The highest BCUT2D eigenvalue weighted by Crippen LogP contribution is 2.44. The Morgan fingerprint density at radius 2 is 2.08 bits per heavy atom. The summed E-state index contributed by atoms with van der Waals surface area (Å²) in [5.41, 5.74) is -0.894. The van der Waals surface area contributed by atoms with Gasteiger partial charge in [-0.3, -0.25) is 0 Å². The van der Waals surface area contributed by atoms with E-state index >= 15 is 0 Å². The van der Waals surface area contributed by atoms with Gasteiger partial charge in [0, 0.05) is 6.04 Å². The first-order valence-corrected chi connectivity index (χ1v) is 5.61. The maximum Gasteiger partial charge on any atom is 0.112 e. The van der Waals surface area contributed by atoms with Crippen LogP contribution >= 0.6 is 0 Å². The summed E-state index contributed by atoms with van der Waals surface area (Å²) in [4.78, 5) is 0. The van der Waals surface area contributed by atoms with Gasteiger partial charge in [0.05, 0.1) is 0 Å². The van der Waals surface area contributed by atoms with Gasteiger partial charge in [0.1, 0.15) is 5.67 Å². The summed E-state index contributed by atoms with van der Waals surface area (Å²) in [6.45, 7) is 2.88. The van der Waals surface area contributed by atoms with Crippen LogP contribution in [0.3, 0.4) is 0 Å². The molecule has 0 aromatic rings. The van der Waals surface area contributed by atoms with E-state index in [1.54, 1.807) is 6.92 Å². The molecule has 2 fully saturated rings. The molecule has 1 nitrogen and oxygen atoms in total. The van der Waals surface area contributed by atoms with E-state index < -0.39 is 5.67 Å². The van der Waals surface area contributed by atoms with Crippen molar-refractivity contribution in [1.82, 2.24) is 5.32 Å². The van der Waals surface area contributed by atoms with E-state index in [0.717, 1.165) is 25.8 Å². The SMILES string of the molecule is CC(F)(CC1CCCCN1)C1CC1. The molecule has 2 heteroatoms. The third-order valence-corrected chi connectivity index (χ3v) is 3.49. The van der Waals surface area contributed by atoms with Crippen LogP contribution in [0.5, 0.6) is 0 Å². The van der Waals surface area contributed by atoms with E-state index in [-0.39, 0.29) is 0 Å². The van der Waals surface area contributed by atoms with Gasteiger partial charge in [-0.25, -0.2) is 4.39 Å². The second-order valence-corrected chi connectivity index (χ2v) is 4.90. The molecule has 1 aliphatic heterocycles.